The molecule has 0 saturated heterocycles. The van der Waals surface area contributed by atoms with Crippen molar-refractivity contribution in [3.05, 3.63) is 29.5 Å². The largest absolute Gasteiger partial charge is 0.486 e. The van der Waals surface area contributed by atoms with Gasteiger partial charge in [0.05, 0.1) is 0 Å². The summed E-state index contributed by atoms with van der Waals surface area (Å²) >= 11 is 0. The van der Waals surface area contributed by atoms with E-state index in [0.717, 1.165) is 11.1 Å². The molecule has 1 aromatic heterocycles. The van der Waals surface area contributed by atoms with Crippen LogP contribution in [-0.2, 0) is 0 Å². The van der Waals surface area contributed by atoms with Crippen molar-refractivity contribution in [1.82, 2.24) is 5.16 Å². The Hall–Kier alpha value is -2.50. The van der Waals surface area contributed by atoms with E-state index in [4.69, 9.17) is 19.1 Å². The monoisotopic (exact) mass is 289 g/mol. The fraction of sp³-hybridized carbons (Fsp3) is 0.333. The van der Waals surface area contributed by atoms with Gasteiger partial charge in [-0.2, -0.15) is 0 Å². The molecule has 0 bridgehead atoms. The molecule has 0 unspecified atom stereocenters. The van der Waals surface area contributed by atoms with Crippen LogP contribution < -0.4 is 9.47 Å². The Morgan fingerprint density at radius 3 is 2.43 bits per heavy atom. The van der Waals surface area contributed by atoms with E-state index in [-0.39, 0.29) is 11.7 Å². The molecule has 6 heteroatoms. The van der Waals surface area contributed by atoms with Crippen molar-refractivity contribution < 1.29 is 23.9 Å². The third kappa shape index (κ3) is 2.44. The van der Waals surface area contributed by atoms with Crippen molar-refractivity contribution in [2.24, 2.45) is 0 Å². The first-order valence-corrected chi connectivity index (χ1v) is 6.70. The van der Waals surface area contributed by atoms with Crippen LogP contribution in [0.1, 0.15) is 35.9 Å². The first-order valence-electron chi connectivity index (χ1n) is 6.70. The molecule has 0 fully saturated rings. The van der Waals surface area contributed by atoms with Crippen LogP contribution in [0.3, 0.4) is 0 Å². The average Bonchev–Trinajstić information content (AvgIpc) is 2.95. The molecule has 6 nitrogen and oxygen atoms in total. The lowest BCUT2D eigenvalue weighted by atomic mass is 9.94. The summed E-state index contributed by atoms with van der Waals surface area (Å²) in [5.74, 6) is 0.240. The second kappa shape index (κ2) is 5.12. The maximum atomic E-state index is 10.9. The highest BCUT2D eigenvalue weighted by Gasteiger charge is 2.21. The van der Waals surface area contributed by atoms with Crippen LogP contribution >= 0.6 is 0 Å². The molecule has 2 heterocycles. The number of fused-ring (bicyclic) bond motifs is 1. The van der Waals surface area contributed by atoms with Crippen molar-refractivity contribution in [2.45, 2.75) is 19.8 Å². The van der Waals surface area contributed by atoms with E-state index in [1.807, 2.05) is 26.0 Å². The van der Waals surface area contributed by atoms with Crippen LogP contribution in [0.25, 0.3) is 11.3 Å². The second-order valence-corrected chi connectivity index (χ2v) is 5.12. The normalized spacial score (nSPS) is 13.5. The third-order valence-electron chi connectivity index (χ3n) is 3.33. The maximum Gasteiger partial charge on any atom is 0.374 e. The molecule has 0 saturated carbocycles. The Kier molecular flexibility index (Phi) is 3.29. The fourth-order valence-electron chi connectivity index (χ4n) is 2.31. The Morgan fingerprint density at radius 1 is 1.19 bits per heavy atom. The van der Waals surface area contributed by atoms with Gasteiger partial charge in [-0.15, -0.1) is 0 Å². The molecule has 1 aliphatic heterocycles. The Balaban J connectivity index is 2.12. The van der Waals surface area contributed by atoms with Crippen LogP contribution in [0.2, 0.25) is 0 Å². The molecule has 1 aliphatic rings. The molecular weight excluding hydrogens is 274 g/mol. The number of carboxylic acid groups (broad SMARTS) is 1. The summed E-state index contributed by atoms with van der Waals surface area (Å²) in [6, 6.07) is 5.16. The molecule has 3 rings (SSSR count). The Morgan fingerprint density at radius 2 is 1.86 bits per heavy atom. The zero-order chi connectivity index (χ0) is 15.0. The third-order valence-corrected chi connectivity index (χ3v) is 3.33. The number of benzene rings is 1. The van der Waals surface area contributed by atoms with E-state index in [0.29, 0.717) is 30.4 Å². The first kappa shape index (κ1) is 13.5. The van der Waals surface area contributed by atoms with Crippen LogP contribution in [0.5, 0.6) is 11.5 Å². The standard InChI is InChI=1S/C15H15NO5/c1-8(2)9-5-12-13(20-4-3-19-12)6-10(9)11-7-14(15(17)18)21-16-11/h5-8H,3-4H2,1-2H3,(H,17,18). The van der Waals surface area contributed by atoms with E-state index in [9.17, 15) is 4.79 Å². The zero-order valence-electron chi connectivity index (χ0n) is 11.8. The number of carbonyl (C=O) groups is 1. The molecule has 2 aromatic rings. The highest BCUT2D eigenvalue weighted by Crippen LogP contribution is 2.40. The van der Waals surface area contributed by atoms with Gasteiger partial charge in [-0.3, -0.25) is 0 Å². The Bertz CT molecular complexity index is 689. The van der Waals surface area contributed by atoms with Gasteiger partial charge < -0.3 is 19.1 Å². The van der Waals surface area contributed by atoms with Crippen molar-refractivity contribution in [3.8, 4) is 22.8 Å². The Labute approximate surface area is 121 Å². The number of hydrogen-bond donors (Lipinski definition) is 1. The number of carboxylic acids is 1. The van der Waals surface area contributed by atoms with Gasteiger partial charge in [-0.1, -0.05) is 19.0 Å². The van der Waals surface area contributed by atoms with Gasteiger partial charge in [-0.05, 0) is 23.6 Å². The summed E-state index contributed by atoms with van der Waals surface area (Å²) in [5, 5.41) is 12.8. The highest BCUT2D eigenvalue weighted by molar-refractivity contribution is 5.86. The van der Waals surface area contributed by atoms with Gasteiger partial charge in [0.25, 0.3) is 0 Å². The molecule has 0 amide bonds. The molecule has 0 aliphatic carbocycles. The van der Waals surface area contributed by atoms with Crippen LogP contribution in [0.15, 0.2) is 22.7 Å². The SMILES string of the molecule is CC(C)c1cc2c(cc1-c1cc(C(=O)O)on1)OCCO2. The van der Waals surface area contributed by atoms with Crippen LogP contribution in [-0.4, -0.2) is 29.4 Å². The fourth-order valence-corrected chi connectivity index (χ4v) is 2.31. The van der Waals surface area contributed by atoms with Crippen LogP contribution in [0, 0.1) is 0 Å². The first-order chi connectivity index (χ1) is 10.1. The summed E-state index contributed by atoms with van der Waals surface area (Å²) in [7, 11) is 0. The van der Waals surface area contributed by atoms with Crippen LogP contribution in [0.4, 0.5) is 0 Å². The molecule has 1 N–H and O–H groups in total. The summed E-state index contributed by atoms with van der Waals surface area (Å²) in [6.07, 6.45) is 0. The minimum Gasteiger partial charge on any atom is -0.486 e. The van der Waals surface area contributed by atoms with Gasteiger partial charge in [0.2, 0.25) is 5.76 Å². The van der Waals surface area contributed by atoms with E-state index in [2.05, 4.69) is 5.16 Å². The van der Waals surface area contributed by atoms with E-state index in [1.54, 1.807) is 0 Å². The van der Waals surface area contributed by atoms with Crippen molar-refractivity contribution >= 4 is 5.97 Å². The summed E-state index contributed by atoms with van der Waals surface area (Å²) in [4.78, 5) is 10.9. The average molecular weight is 289 g/mol. The second-order valence-electron chi connectivity index (χ2n) is 5.12. The minimum atomic E-state index is -1.14. The predicted molar refractivity (Wildman–Crippen MR) is 74.0 cm³/mol. The van der Waals surface area contributed by atoms with Gasteiger partial charge in [-0.25, -0.2) is 4.79 Å². The van der Waals surface area contributed by atoms with Gasteiger partial charge >= 0.3 is 5.97 Å². The van der Waals surface area contributed by atoms with E-state index >= 15 is 0 Å². The minimum absolute atomic E-state index is 0.186. The smallest absolute Gasteiger partial charge is 0.374 e. The number of rotatable bonds is 3. The lowest BCUT2D eigenvalue weighted by Crippen LogP contribution is -2.15. The zero-order valence-corrected chi connectivity index (χ0v) is 11.8. The molecule has 0 atom stereocenters. The summed E-state index contributed by atoms with van der Waals surface area (Å²) in [6.45, 7) is 5.11. The predicted octanol–water partition coefficient (Wildman–Crippen LogP) is 2.93. The van der Waals surface area contributed by atoms with Crippen molar-refractivity contribution in [2.75, 3.05) is 13.2 Å². The van der Waals surface area contributed by atoms with E-state index < -0.39 is 5.97 Å². The molecule has 1 aromatic carbocycles. The number of nitrogens with zero attached hydrogens (tertiary/aromatic N) is 1. The highest BCUT2D eigenvalue weighted by atomic mass is 16.6. The quantitative estimate of drug-likeness (QED) is 0.935. The molecule has 0 spiro atoms. The molecule has 110 valence electrons. The van der Waals surface area contributed by atoms with Crippen molar-refractivity contribution in [1.29, 1.82) is 0 Å². The number of hydrogen-bond acceptors (Lipinski definition) is 5. The van der Waals surface area contributed by atoms with Gasteiger partial charge in [0.15, 0.2) is 11.5 Å². The molecular formula is C15H15NO5. The van der Waals surface area contributed by atoms with Gasteiger partial charge in [0, 0.05) is 11.6 Å². The topological polar surface area (TPSA) is 81.8 Å². The maximum absolute atomic E-state index is 10.9. The number of ether oxygens (including phenoxy) is 2. The number of aromatic carboxylic acids is 1. The lowest BCUT2D eigenvalue weighted by molar-refractivity contribution is 0.0652. The van der Waals surface area contributed by atoms with Crippen molar-refractivity contribution in [3.63, 3.8) is 0 Å². The molecule has 0 radical (unpaired) electrons. The summed E-state index contributed by atoms with van der Waals surface area (Å²) < 4.78 is 16.0. The number of aromatic nitrogens is 1. The molecule has 21 heavy (non-hydrogen) atoms. The van der Waals surface area contributed by atoms with Gasteiger partial charge in [0.1, 0.15) is 18.9 Å². The summed E-state index contributed by atoms with van der Waals surface area (Å²) in [5.41, 5.74) is 2.28. The van der Waals surface area contributed by atoms with E-state index in [1.165, 1.54) is 6.07 Å². The lowest BCUT2D eigenvalue weighted by Gasteiger charge is -2.21.